The molecule has 2 N–H and O–H groups in total. The minimum atomic E-state index is -4.90. The second kappa shape index (κ2) is 7.85. The van der Waals surface area contributed by atoms with Crippen molar-refractivity contribution in [2.45, 2.75) is 55.4 Å². The topological polar surface area (TPSA) is 72.9 Å². The molecule has 6 nitrogen and oxygen atoms in total. The van der Waals surface area contributed by atoms with Crippen LogP contribution in [-0.2, 0) is 9.59 Å². The molecule has 9 heteroatoms. The molecule has 3 aliphatic rings. The van der Waals surface area contributed by atoms with Gasteiger partial charge in [0.15, 0.2) is 0 Å². The summed E-state index contributed by atoms with van der Waals surface area (Å²) in [5.74, 6) is -2.70. The molecule has 0 radical (unpaired) electrons. The highest BCUT2D eigenvalue weighted by molar-refractivity contribution is 5.83. The first kappa shape index (κ1) is 21.1. The third-order valence-corrected chi connectivity index (χ3v) is 6.74. The van der Waals surface area contributed by atoms with Gasteiger partial charge in [-0.05, 0) is 24.8 Å². The maximum Gasteiger partial charge on any atom is 0.471 e. The Morgan fingerprint density at radius 2 is 1.80 bits per heavy atom. The van der Waals surface area contributed by atoms with Crippen LogP contribution in [0.1, 0.15) is 37.2 Å². The molecule has 4 rings (SSSR count). The van der Waals surface area contributed by atoms with Crippen LogP contribution in [0.5, 0.6) is 0 Å². The Hall–Kier alpha value is -2.13. The fourth-order valence-corrected chi connectivity index (χ4v) is 5.05. The highest BCUT2D eigenvalue weighted by atomic mass is 19.4. The van der Waals surface area contributed by atoms with Gasteiger partial charge in [0.2, 0.25) is 0 Å². The Morgan fingerprint density at radius 3 is 2.30 bits per heavy atom. The smallest absolute Gasteiger partial charge is 0.471 e. The molecule has 0 bridgehead atoms. The Bertz CT molecular complexity index is 790. The van der Waals surface area contributed by atoms with Gasteiger partial charge in [-0.25, -0.2) is 0 Å². The SMILES string of the molecule is O=C(O)CC1(N2CCC(N(C(=O)C(F)(F)F)[C@@H]3C[C@H]3c3ccccc3)CC2)CNC1. The minimum absolute atomic E-state index is 0.00850. The van der Waals surface area contributed by atoms with Crippen LogP contribution < -0.4 is 5.32 Å². The summed E-state index contributed by atoms with van der Waals surface area (Å²) in [7, 11) is 0. The fraction of sp³-hybridized carbons (Fsp3) is 0.619. The van der Waals surface area contributed by atoms with Crippen molar-refractivity contribution in [1.82, 2.24) is 15.1 Å². The Morgan fingerprint density at radius 1 is 1.17 bits per heavy atom. The van der Waals surface area contributed by atoms with Crippen LogP contribution in [0.3, 0.4) is 0 Å². The van der Waals surface area contributed by atoms with E-state index in [-0.39, 0.29) is 12.3 Å². The third-order valence-electron chi connectivity index (χ3n) is 6.74. The second-order valence-electron chi connectivity index (χ2n) is 8.65. The van der Waals surface area contributed by atoms with E-state index in [1.165, 1.54) is 0 Å². The van der Waals surface area contributed by atoms with E-state index in [1.54, 1.807) is 0 Å². The molecule has 164 valence electrons. The molecule has 3 fully saturated rings. The zero-order valence-corrected chi connectivity index (χ0v) is 16.6. The highest BCUT2D eigenvalue weighted by Crippen LogP contribution is 2.47. The van der Waals surface area contributed by atoms with Crippen molar-refractivity contribution in [2.75, 3.05) is 26.2 Å². The van der Waals surface area contributed by atoms with Gasteiger partial charge in [0.1, 0.15) is 0 Å². The van der Waals surface area contributed by atoms with E-state index in [0.29, 0.717) is 45.4 Å². The van der Waals surface area contributed by atoms with Crippen molar-refractivity contribution in [1.29, 1.82) is 0 Å². The first-order valence-corrected chi connectivity index (χ1v) is 10.3. The molecule has 2 atom stereocenters. The van der Waals surface area contributed by atoms with Crippen LogP contribution in [0.2, 0.25) is 0 Å². The summed E-state index contributed by atoms with van der Waals surface area (Å²) in [5, 5.41) is 12.3. The van der Waals surface area contributed by atoms with Gasteiger partial charge in [-0.2, -0.15) is 13.2 Å². The number of halogens is 3. The van der Waals surface area contributed by atoms with Gasteiger partial charge in [-0.3, -0.25) is 14.5 Å². The number of hydrogen-bond donors (Lipinski definition) is 2. The van der Waals surface area contributed by atoms with Gasteiger partial charge < -0.3 is 15.3 Å². The molecule has 2 saturated heterocycles. The fourth-order valence-electron chi connectivity index (χ4n) is 5.05. The molecule has 30 heavy (non-hydrogen) atoms. The Kier molecular flexibility index (Phi) is 5.52. The molecule has 1 aromatic rings. The summed E-state index contributed by atoms with van der Waals surface area (Å²) >= 11 is 0. The van der Waals surface area contributed by atoms with Gasteiger partial charge in [-0.1, -0.05) is 30.3 Å². The molecule has 1 aromatic carbocycles. The minimum Gasteiger partial charge on any atom is -0.481 e. The first-order valence-electron chi connectivity index (χ1n) is 10.3. The van der Waals surface area contributed by atoms with Crippen LogP contribution in [-0.4, -0.2) is 76.8 Å². The lowest BCUT2D eigenvalue weighted by Crippen LogP contribution is -2.71. The van der Waals surface area contributed by atoms with E-state index in [0.717, 1.165) is 10.5 Å². The number of hydrogen-bond acceptors (Lipinski definition) is 4. The number of carboxylic acids is 1. The molecule has 1 saturated carbocycles. The summed E-state index contributed by atoms with van der Waals surface area (Å²) < 4.78 is 40.1. The summed E-state index contributed by atoms with van der Waals surface area (Å²) in [6, 6.07) is 8.44. The van der Waals surface area contributed by atoms with Crippen molar-refractivity contribution in [3.05, 3.63) is 35.9 Å². The lowest BCUT2D eigenvalue weighted by molar-refractivity contribution is -0.190. The van der Waals surface area contributed by atoms with Crippen LogP contribution in [0.25, 0.3) is 0 Å². The predicted octanol–water partition coefficient (Wildman–Crippen LogP) is 2.21. The quantitative estimate of drug-likeness (QED) is 0.731. The van der Waals surface area contributed by atoms with Gasteiger partial charge in [0, 0.05) is 44.2 Å². The predicted molar refractivity (Wildman–Crippen MR) is 103 cm³/mol. The Labute approximate surface area is 173 Å². The number of benzene rings is 1. The van der Waals surface area contributed by atoms with Crippen LogP contribution in [0, 0.1) is 0 Å². The first-order chi connectivity index (χ1) is 14.2. The molecule has 1 amide bonds. The molecular weight excluding hydrogens is 399 g/mol. The molecule has 2 aliphatic heterocycles. The maximum absolute atomic E-state index is 13.4. The van der Waals surface area contributed by atoms with Gasteiger partial charge in [-0.15, -0.1) is 0 Å². The van der Waals surface area contributed by atoms with Crippen molar-refractivity contribution in [3.8, 4) is 0 Å². The number of likely N-dealkylation sites (tertiary alicyclic amines) is 1. The summed E-state index contributed by atoms with van der Waals surface area (Å²) in [6.07, 6.45) is -3.51. The molecule has 0 unspecified atom stereocenters. The van der Waals surface area contributed by atoms with Gasteiger partial charge in [0.25, 0.3) is 0 Å². The number of amides is 1. The second-order valence-corrected chi connectivity index (χ2v) is 8.65. The van der Waals surface area contributed by atoms with Gasteiger partial charge in [0.05, 0.1) is 12.0 Å². The normalized spacial score (nSPS) is 26.6. The monoisotopic (exact) mass is 425 g/mol. The molecular formula is C21H26F3N3O3. The number of carboxylic acid groups (broad SMARTS) is 1. The third kappa shape index (κ3) is 4.05. The number of carbonyl (C=O) groups is 2. The average Bonchev–Trinajstić information content (AvgIpc) is 3.46. The molecule has 1 aliphatic carbocycles. The van der Waals surface area contributed by atoms with Crippen molar-refractivity contribution >= 4 is 11.9 Å². The zero-order chi connectivity index (χ0) is 21.5. The average molecular weight is 425 g/mol. The van der Waals surface area contributed by atoms with Crippen LogP contribution in [0.4, 0.5) is 13.2 Å². The van der Waals surface area contributed by atoms with E-state index in [1.807, 2.05) is 30.3 Å². The van der Waals surface area contributed by atoms with Gasteiger partial charge >= 0.3 is 18.1 Å². The summed E-state index contributed by atoms with van der Waals surface area (Å²) in [5.41, 5.74) is 0.489. The maximum atomic E-state index is 13.4. The van der Waals surface area contributed by atoms with E-state index in [9.17, 15) is 27.9 Å². The molecule has 0 aromatic heterocycles. The Balaban J connectivity index is 1.46. The number of nitrogens with one attached hydrogen (secondary N) is 1. The number of piperidine rings is 1. The van der Waals surface area contributed by atoms with E-state index < -0.39 is 35.7 Å². The highest BCUT2D eigenvalue weighted by Gasteiger charge is 2.55. The number of carbonyl (C=O) groups excluding carboxylic acids is 1. The number of alkyl halides is 3. The summed E-state index contributed by atoms with van der Waals surface area (Å²) in [4.78, 5) is 26.7. The van der Waals surface area contributed by atoms with Crippen LogP contribution >= 0.6 is 0 Å². The number of aliphatic carboxylic acids is 1. The lowest BCUT2D eigenvalue weighted by atomic mass is 9.84. The van der Waals surface area contributed by atoms with Crippen molar-refractivity contribution in [3.63, 3.8) is 0 Å². The van der Waals surface area contributed by atoms with E-state index in [4.69, 9.17) is 0 Å². The molecule has 2 heterocycles. The standard InChI is InChI=1S/C21H26F3N3O3/c22-21(23,24)19(30)27(17-10-16(17)14-4-2-1-3-5-14)15-6-8-26(9-7-15)20(11-18(28)29)12-25-13-20/h1-5,15-17,25H,6-13H2,(H,28,29)/t16-,17+/m0/s1. The lowest BCUT2D eigenvalue weighted by Gasteiger charge is -2.53. The zero-order valence-electron chi connectivity index (χ0n) is 16.6. The summed E-state index contributed by atoms with van der Waals surface area (Å²) in [6.45, 7) is 2.11. The van der Waals surface area contributed by atoms with Crippen molar-refractivity contribution in [2.24, 2.45) is 0 Å². The van der Waals surface area contributed by atoms with Crippen LogP contribution in [0.15, 0.2) is 30.3 Å². The largest absolute Gasteiger partial charge is 0.481 e. The van der Waals surface area contributed by atoms with E-state index >= 15 is 0 Å². The van der Waals surface area contributed by atoms with Crippen molar-refractivity contribution < 1.29 is 27.9 Å². The van der Waals surface area contributed by atoms with E-state index in [2.05, 4.69) is 10.2 Å². The molecule has 0 spiro atoms. The number of nitrogens with zero attached hydrogens (tertiary/aromatic N) is 2. The number of rotatable bonds is 6.